The van der Waals surface area contributed by atoms with Gasteiger partial charge < -0.3 is 10.6 Å². The lowest BCUT2D eigenvalue weighted by atomic mass is 10.1. The number of guanidine groups is 1. The first-order valence-corrected chi connectivity index (χ1v) is 8.62. The number of aromatic nitrogens is 3. The second-order valence-corrected chi connectivity index (χ2v) is 5.91. The normalized spacial score (nSPS) is 11.2. The van der Waals surface area contributed by atoms with Crippen molar-refractivity contribution >= 4 is 35.6 Å². The van der Waals surface area contributed by atoms with Crippen LogP contribution < -0.4 is 10.6 Å². The Hall–Kier alpha value is -2.16. The molecule has 0 fully saturated rings. The average molecular weight is 464 g/mol. The summed E-state index contributed by atoms with van der Waals surface area (Å²) in [4.78, 5) is 4.66. The Labute approximate surface area is 171 Å². The maximum atomic E-state index is 4.66. The van der Waals surface area contributed by atoms with Gasteiger partial charge >= 0.3 is 0 Å². The molecule has 3 rings (SSSR count). The second kappa shape index (κ2) is 10.1. The van der Waals surface area contributed by atoms with Gasteiger partial charge in [0.2, 0.25) is 0 Å². The van der Waals surface area contributed by atoms with Gasteiger partial charge in [-0.1, -0.05) is 35.9 Å². The van der Waals surface area contributed by atoms with Crippen LogP contribution in [0.3, 0.4) is 0 Å². The molecule has 1 aromatic carbocycles. The van der Waals surface area contributed by atoms with Crippen molar-refractivity contribution in [1.29, 1.82) is 0 Å². The largest absolute Gasteiger partial charge is 0.357 e. The van der Waals surface area contributed by atoms with Crippen molar-refractivity contribution in [3.63, 3.8) is 0 Å². The summed E-state index contributed by atoms with van der Waals surface area (Å²) in [5.41, 5.74) is 3.34. The van der Waals surface area contributed by atoms with Crippen LogP contribution >= 0.6 is 24.0 Å². The van der Waals surface area contributed by atoms with Gasteiger partial charge in [-0.15, -0.1) is 34.2 Å². The molecule has 0 amide bonds. The Morgan fingerprint density at radius 2 is 2.00 bits per heavy atom. The van der Waals surface area contributed by atoms with E-state index in [0.29, 0.717) is 6.54 Å². The van der Waals surface area contributed by atoms with E-state index in [2.05, 4.69) is 63.9 Å². The second-order valence-electron chi connectivity index (χ2n) is 5.91. The van der Waals surface area contributed by atoms with Crippen molar-refractivity contribution in [3.8, 4) is 0 Å². The molecule has 0 unspecified atom stereocenters. The van der Waals surface area contributed by atoms with Gasteiger partial charge in [-0.25, -0.2) is 4.99 Å². The van der Waals surface area contributed by atoms with Crippen LogP contribution in [0.5, 0.6) is 0 Å². The average Bonchev–Trinajstić information content (AvgIpc) is 3.03. The van der Waals surface area contributed by atoms with Gasteiger partial charge in [0.25, 0.3) is 0 Å². The number of hydrogen-bond acceptors (Lipinski definition) is 3. The van der Waals surface area contributed by atoms with Gasteiger partial charge in [0.1, 0.15) is 5.82 Å². The molecule has 0 aliphatic rings. The number of aryl methyl sites for hydroxylation is 1. The van der Waals surface area contributed by atoms with Crippen LogP contribution in [0.2, 0.25) is 0 Å². The lowest BCUT2D eigenvalue weighted by Gasteiger charge is -2.11. The van der Waals surface area contributed by atoms with Crippen LogP contribution in [0.25, 0.3) is 5.65 Å². The third-order valence-corrected chi connectivity index (χ3v) is 3.87. The third kappa shape index (κ3) is 5.42. The standard InChI is InChI=1S/C19H24N6.HI/c1-3-20-19(22-14-16-8-6-7-15(2)13-16)21-11-10-18-24-23-17-9-4-5-12-25(17)18;/h4-9,12-13H,3,10-11,14H2,1-2H3,(H2,20,21,22);1H. The van der Waals surface area contributed by atoms with E-state index in [9.17, 15) is 0 Å². The van der Waals surface area contributed by atoms with Crippen LogP contribution in [0.1, 0.15) is 23.9 Å². The smallest absolute Gasteiger partial charge is 0.191 e. The molecule has 138 valence electrons. The van der Waals surface area contributed by atoms with E-state index in [1.54, 1.807) is 0 Å². The summed E-state index contributed by atoms with van der Waals surface area (Å²) in [5.74, 6) is 1.76. The third-order valence-electron chi connectivity index (χ3n) is 3.87. The van der Waals surface area contributed by atoms with E-state index in [1.165, 1.54) is 11.1 Å². The maximum absolute atomic E-state index is 4.66. The van der Waals surface area contributed by atoms with Crippen molar-refractivity contribution in [2.24, 2.45) is 4.99 Å². The molecular weight excluding hydrogens is 439 g/mol. The zero-order valence-corrected chi connectivity index (χ0v) is 17.5. The van der Waals surface area contributed by atoms with Gasteiger partial charge in [0.15, 0.2) is 11.6 Å². The van der Waals surface area contributed by atoms with E-state index in [1.807, 2.05) is 28.8 Å². The molecule has 6 nitrogen and oxygen atoms in total. The Morgan fingerprint density at radius 1 is 1.12 bits per heavy atom. The van der Waals surface area contributed by atoms with Crippen LogP contribution in [0, 0.1) is 6.92 Å². The van der Waals surface area contributed by atoms with Gasteiger partial charge in [0.05, 0.1) is 6.54 Å². The minimum atomic E-state index is 0. The summed E-state index contributed by atoms with van der Waals surface area (Å²) in [6, 6.07) is 14.3. The Morgan fingerprint density at radius 3 is 2.81 bits per heavy atom. The number of hydrogen-bond donors (Lipinski definition) is 2. The fourth-order valence-corrected chi connectivity index (χ4v) is 2.68. The monoisotopic (exact) mass is 464 g/mol. The van der Waals surface area contributed by atoms with Gasteiger partial charge in [0, 0.05) is 25.7 Å². The predicted molar refractivity (Wildman–Crippen MR) is 116 cm³/mol. The highest BCUT2D eigenvalue weighted by atomic mass is 127. The lowest BCUT2D eigenvalue weighted by Crippen LogP contribution is -2.38. The number of fused-ring (bicyclic) bond motifs is 1. The molecule has 0 bridgehead atoms. The van der Waals surface area contributed by atoms with E-state index < -0.39 is 0 Å². The Bertz CT molecular complexity index is 858. The summed E-state index contributed by atoms with van der Waals surface area (Å²) < 4.78 is 2.01. The zero-order valence-electron chi connectivity index (χ0n) is 15.1. The van der Waals surface area contributed by atoms with E-state index in [0.717, 1.165) is 36.9 Å². The molecule has 7 heteroatoms. The molecule has 0 aliphatic carbocycles. The highest BCUT2D eigenvalue weighted by Crippen LogP contribution is 2.05. The van der Waals surface area contributed by atoms with E-state index >= 15 is 0 Å². The topological polar surface area (TPSA) is 66.6 Å². The number of pyridine rings is 1. The molecule has 0 saturated carbocycles. The fraction of sp³-hybridized carbons (Fsp3) is 0.316. The minimum absolute atomic E-state index is 0. The SMILES string of the molecule is CCNC(=NCc1cccc(C)c1)NCCc1nnc2ccccn12.I. The molecule has 0 radical (unpaired) electrons. The summed E-state index contributed by atoms with van der Waals surface area (Å²) in [5, 5.41) is 15.1. The predicted octanol–water partition coefficient (Wildman–Crippen LogP) is 2.95. The molecule has 0 saturated heterocycles. The van der Waals surface area contributed by atoms with Crippen LogP contribution in [-0.4, -0.2) is 33.6 Å². The lowest BCUT2D eigenvalue weighted by molar-refractivity contribution is 0.763. The number of rotatable bonds is 6. The highest BCUT2D eigenvalue weighted by Gasteiger charge is 2.05. The van der Waals surface area contributed by atoms with E-state index in [4.69, 9.17) is 0 Å². The molecule has 3 aromatic rings. The van der Waals surface area contributed by atoms with Crippen molar-refractivity contribution in [2.75, 3.05) is 13.1 Å². The van der Waals surface area contributed by atoms with Crippen molar-refractivity contribution in [2.45, 2.75) is 26.8 Å². The number of nitrogens with zero attached hydrogens (tertiary/aromatic N) is 4. The summed E-state index contributed by atoms with van der Waals surface area (Å²) in [7, 11) is 0. The molecule has 26 heavy (non-hydrogen) atoms. The first-order valence-electron chi connectivity index (χ1n) is 8.62. The van der Waals surface area contributed by atoms with Crippen molar-refractivity contribution in [3.05, 3.63) is 65.6 Å². The summed E-state index contributed by atoms with van der Waals surface area (Å²) in [6.45, 7) is 6.39. The summed E-state index contributed by atoms with van der Waals surface area (Å²) in [6.07, 6.45) is 2.77. The minimum Gasteiger partial charge on any atom is -0.357 e. The number of benzene rings is 1. The first-order chi connectivity index (χ1) is 12.3. The van der Waals surface area contributed by atoms with Gasteiger partial charge in [-0.3, -0.25) is 4.40 Å². The van der Waals surface area contributed by atoms with Gasteiger partial charge in [-0.05, 0) is 31.5 Å². The molecule has 0 spiro atoms. The van der Waals surface area contributed by atoms with Crippen LogP contribution in [-0.2, 0) is 13.0 Å². The molecule has 2 N–H and O–H groups in total. The molecular formula is C19H25IN6. The summed E-state index contributed by atoms with van der Waals surface area (Å²) >= 11 is 0. The van der Waals surface area contributed by atoms with Crippen LogP contribution in [0.15, 0.2) is 53.7 Å². The quantitative estimate of drug-likeness (QED) is 0.335. The highest BCUT2D eigenvalue weighted by molar-refractivity contribution is 14.0. The number of aliphatic imine (C=N–C) groups is 1. The molecule has 2 heterocycles. The number of nitrogens with one attached hydrogen (secondary N) is 2. The zero-order chi connectivity index (χ0) is 17.5. The van der Waals surface area contributed by atoms with Crippen molar-refractivity contribution < 1.29 is 0 Å². The first kappa shape index (κ1) is 20.2. The van der Waals surface area contributed by atoms with Crippen LogP contribution in [0.4, 0.5) is 0 Å². The molecule has 0 aliphatic heterocycles. The number of halogens is 1. The maximum Gasteiger partial charge on any atom is 0.191 e. The molecule has 2 aromatic heterocycles. The van der Waals surface area contributed by atoms with Crippen molar-refractivity contribution in [1.82, 2.24) is 25.2 Å². The molecule has 0 atom stereocenters. The van der Waals surface area contributed by atoms with Gasteiger partial charge in [-0.2, -0.15) is 0 Å². The Balaban J connectivity index is 0.00000243. The fourth-order valence-electron chi connectivity index (χ4n) is 2.68. The van der Waals surface area contributed by atoms with E-state index in [-0.39, 0.29) is 24.0 Å². The Kier molecular flexibility index (Phi) is 7.83.